The van der Waals surface area contributed by atoms with Crippen molar-refractivity contribution in [3.63, 3.8) is 0 Å². The van der Waals surface area contributed by atoms with E-state index in [1.54, 1.807) is 18.7 Å². The molecule has 148 valence electrons. The van der Waals surface area contributed by atoms with Crippen LogP contribution >= 0.6 is 24.0 Å². The van der Waals surface area contributed by atoms with E-state index < -0.39 is 11.9 Å². The van der Waals surface area contributed by atoms with Crippen molar-refractivity contribution in [2.45, 2.75) is 20.8 Å². The van der Waals surface area contributed by atoms with E-state index in [0.29, 0.717) is 10.9 Å². The van der Waals surface area contributed by atoms with Gasteiger partial charge < -0.3 is 14.4 Å². The molecule has 0 bridgehead atoms. The molecule has 5 nitrogen and oxygen atoms in total. The van der Waals surface area contributed by atoms with Gasteiger partial charge in [-0.25, -0.2) is 9.59 Å². The third kappa shape index (κ3) is 6.35. The molecule has 1 aliphatic heterocycles. The van der Waals surface area contributed by atoms with Gasteiger partial charge in [-0.3, -0.25) is 0 Å². The normalized spacial score (nSPS) is 15.5. The van der Waals surface area contributed by atoms with E-state index in [9.17, 15) is 9.59 Å². The van der Waals surface area contributed by atoms with Gasteiger partial charge in [0.25, 0.3) is 0 Å². The van der Waals surface area contributed by atoms with Crippen molar-refractivity contribution in [2.24, 2.45) is 0 Å². The highest BCUT2D eigenvalue weighted by atomic mass is 32.2. The highest BCUT2D eigenvalue weighted by Gasteiger charge is 2.27. The van der Waals surface area contributed by atoms with Crippen molar-refractivity contribution in [1.29, 1.82) is 0 Å². The Morgan fingerprint density at radius 3 is 2.32 bits per heavy atom. The number of allylic oxidation sites excluding steroid dienone is 2. The first-order valence-corrected chi connectivity index (χ1v) is 10.2. The van der Waals surface area contributed by atoms with Crippen molar-refractivity contribution in [3.8, 4) is 0 Å². The van der Waals surface area contributed by atoms with Crippen LogP contribution in [-0.2, 0) is 19.1 Å². The highest BCUT2D eigenvalue weighted by Crippen LogP contribution is 2.31. The Balaban J connectivity index is 2.19. The molecule has 0 aliphatic carbocycles. The number of thioether (sulfide) groups is 1. The van der Waals surface area contributed by atoms with Gasteiger partial charge in [0.15, 0.2) is 5.57 Å². The molecule has 1 fully saturated rings. The lowest BCUT2D eigenvalue weighted by molar-refractivity contribution is -0.146. The van der Waals surface area contributed by atoms with E-state index >= 15 is 0 Å². The van der Waals surface area contributed by atoms with Crippen LogP contribution in [0.4, 0.5) is 0 Å². The fourth-order valence-corrected chi connectivity index (χ4v) is 3.82. The van der Waals surface area contributed by atoms with E-state index in [1.165, 1.54) is 18.0 Å². The van der Waals surface area contributed by atoms with Crippen molar-refractivity contribution in [3.05, 3.63) is 64.2 Å². The summed E-state index contributed by atoms with van der Waals surface area (Å²) in [6, 6.07) is 10.0. The predicted molar refractivity (Wildman–Crippen MR) is 116 cm³/mol. The van der Waals surface area contributed by atoms with Crippen LogP contribution in [0.1, 0.15) is 26.3 Å². The standard InChI is InChI=1S/C21H23NO4S2/c1-4-25-19(23)18(20(24)26-5-2)14-22-13-17(28-21(22)27)12-15(3)11-16-9-7-6-8-10-16/h6-12,14H,4-5,13H2,1-3H3. The average Bonchev–Trinajstić information content (AvgIpc) is 2.99. The van der Waals surface area contributed by atoms with E-state index in [0.717, 1.165) is 16.0 Å². The summed E-state index contributed by atoms with van der Waals surface area (Å²) in [5.74, 6) is -1.43. The first-order chi connectivity index (χ1) is 13.4. The van der Waals surface area contributed by atoms with Crippen LogP contribution in [-0.4, -0.2) is 40.9 Å². The van der Waals surface area contributed by atoms with Gasteiger partial charge in [0, 0.05) is 11.1 Å². The topological polar surface area (TPSA) is 55.8 Å². The molecule has 0 amide bonds. The van der Waals surface area contributed by atoms with E-state index in [4.69, 9.17) is 21.7 Å². The van der Waals surface area contributed by atoms with Crippen LogP contribution in [0, 0.1) is 0 Å². The zero-order valence-corrected chi connectivity index (χ0v) is 17.8. The molecule has 0 N–H and O–H groups in total. The van der Waals surface area contributed by atoms with Crippen LogP contribution in [0.25, 0.3) is 6.08 Å². The first kappa shape index (κ1) is 21.9. The number of carbonyl (C=O) groups excluding carboxylic acids is 2. The number of thiocarbonyl (C=S) groups is 1. The van der Waals surface area contributed by atoms with Gasteiger partial charge in [0.1, 0.15) is 4.32 Å². The number of benzene rings is 1. The number of esters is 2. The molecule has 1 aromatic rings. The Kier molecular flexibility index (Phi) is 8.47. The van der Waals surface area contributed by atoms with Gasteiger partial charge >= 0.3 is 11.9 Å². The second-order valence-corrected chi connectivity index (χ2v) is 7.65. The molecule has 1 aliphatic rings. The molecule has 0 radical (unpaired) electrons. The summed E-state index contributed by atoms with van der Waals surface area (Å²) >= 11 is 6.83. The maximum absolute atomic E-state index is 12.1. The van der Waals surface area contributed by atoms with Crippen LogP contribution in [0.3, 0.4) is 0 Å². The molecule has 0 saturated carbocycles. The summed E-state index contributed by atoms with van der Waals surface area (Å²) in [4.78, 5) is 27.0. The van der Waals surface area contributed by atoms with Gasteiger partial charge in [-0.2, -0.15) is 0 Å². The van der Waals surface area contributed by atoms with Gasteiger partial charge in [0.05, 0.1) is 19.8 Å². The molecule has 0 unspecified atom stereocenters. The molecule has 28 heavy (non-hydrogen) atoms. The fourth-order valence-electron chi connectivity index (χ4n) is 2.48. The number of ether oxygens (including phenoxy) is 2. The second-order valence-electron chi connectivity index (χ2n) is 5.89. The number of nitrogens with zero attached hydrogens (tertiary/aromatic N) is 1. The molecule has 1 saturated heterocycles. The smallest absolute Gasteiger partial charge is 0.347 e. The molecule has 2 rings (SSSR count). The summed E-state index contributed by atoms with van der Waals surface area (Å²) in [5, 5.41) is 0. The van der Waals surface area contributed by atoms with Crippen LogP contribution in [0.15, 0.2) is 58.7 Å². The zero-order chi connectivity index (χ0) is 20.5. The summed E-state index contributed by atoms with van der Waals surface area (Å²) in [6.07, 6.45) is 5.55. The molecule has 1 heterocycles. The second kappa shape index (κ2) is 10.8. The Morgan fingerprint density at radius 1 is 1.14 bits per heavy atom. The van der Waals surface area contributed by atoms with Crippen molar-refractivity contribution in [2.75, 3.05) is 19.8 Å². The Bertz CT molecular complexity index is 808. The van der Waals surface area contributed by atoms with Crippen molar-refractivity contribution < 1.29 is 19.1 Å². The minimum absolute atomic E-state index is 0.163. The van der Waals surface area contributed by atoms with Gasteiger partial charge in [-0.05, 0) is 38.0 Å². The van der Waals surface area contributed by atoms with E-state index in [-0.39, 0.29) is 18.8 Å². The third-order valence-corrected chi connectivity index (χ3v) is 5.04. The third-order valence-electron chi connectivity index (χ3n) is 3.64. The summed E-state index contributed by atoms with van der Waals surface area (Å²) in [7, 11) is 0. The lowest BCUT2D eigenvalue weighted by Crippen LogP contribution is -2.24. The van der Waals surface area contributed by atoms with Crippen LogP contribution in [0.2, 0.25) is 0 Å². The fraction of sp³-hybridized carbons (Fsp3) is 0.286. The van der Waals surface area contributed by atoms with Crippen LogP contribution < -0.4 is 0 Å². The molecule has 0 spiro atoms. The number of rotatable bonds is 7. The predicted octanol–water partition coefficient (Wildman–Crippen LogP) is 4.32. The molecular weight excluding hydrogens is 394 g/mol. The summed E-state index contributed by atoms with van der Waals surface area (Å²) < 4.78 is 10.5. The Morgan fingerprint density at radius 2 is 1.75 bits per heavy atom. The molecule has 0 aromatic heterocycles. The lowest BCUT2D eigenvalue weighted by atomic mass is 10.1. The van der Waals surface area contributed by atoms with E-state index in [2.05, 4.69) is 6.08 Å². The summed E-state index contributed by atoms with van der Waals surface area (Å²) in [6.45, 7) is 6.20. The van der Waals surface area contributed by atoms with Gasteiger partial charge in [-0.15, -0.1) is 0 Å². The molecule has 0 atom stereocenters. The van der Waals surface area contributed by atoms with Gasteiger partial charge in [0.2, 0.25) is 0 Å². The quantitative estimate of drug-likeness (QED) is 0.215. The van der Waals surface area contributed by atoms with Gasteiger partial charge in [-0.1, -0.05) is 60.4 Å². The largest absolute Gasteiger partial charge is 0.462 e. The molecular formula is C21H23NO4S2. The SMILES string of the molecule is CCOC(=O)C(=CN1CC(=CC(C)=Cc2ccccc2)SC1=S)C(=O)OCC. The number of carbonyl (C=O) groups is 2. The monoisotopic (exact) mass is 417 g/mol. The maximum atomic E-state index is 12.1. The minimum atomic E-state index is -0.716. The average molecular weight is 418 g/mol. The first-order valence-electron chi connectivity index (χ1n) is 8.93. The van der Waals surface area contributed by atoms with Crippen molar-refractivity contribution in [1.82, 2.24) is 4.90 Å². The maximum Gasteiger partial charge on any atom is 0.347 e. The van der Waals surface area contributed by atoms with E-state index in [1.807, 2.05) is 43.3 Å². The minimum Gasteiger partial charge on any atom is -0.462 e. The highest BCUT2D eigenvalue weighted by molar-refractivity contribution is 8.25. The Hall–Kier alpha value is -2.38. The van der Waals surface area contributed by atoms with Crippen molar-refractivity contribution >= 4 is 46.3 Å². The lowest BCUT2D eigenvalue weighted by Gasteiger charge is -2.13. The number of hydrogen-bond acceptors (Lipinski definition) is 6. The summed E-state index contributed by atoms with van der Waals surface area (Å²) in [5.41, 5.74) is 2.04. The zero-order valence-electron chi connectivity index (χ0n) is 16.1. The Labute approximate surface area is 175 Å². The molecule has 1 aromatic carbocycles. The van der Waals surface area contributed by atoms with Crippen LogP contribution in [0.5, 0.6) is 0 Å². The number of hydrogen-bond donors (Lipinski definition) is 0. The molecule has 7 heteroatoms.